The van der Waals surface area contributed by atoms with Crippen LogP contribution in [-0.4, -0.2) is 24.2 Å². The van der Waals surface area contributed by atoms with Crippen molar-refractivity contribution in [2.75, 3.05) is 14.2 Å². The smallest absolute Gasteiger partial charge is 0.265 e. The number of aromatic amines is 1. The molecule has 0 atom stereocenters. The Bertz CT molecular complexity index is 731. The summed E-state index contributed by atoms with van der Waals surface area (Å²) in [5.74, 6) is 1.31. The fourth-order valence-electron chi connectivity index (χ4n) is 1.94. The second-order valence-corrected chi connectivity index (χ2v) is 5.36. The topological polar surface area (TPSA) is 64.2 Å². The van der Waals surface area contributed by atoms with E-state index in [-0.39, 0.29) is 5.56 Å². The quantitative estimate of drug-likeness (QED) is 0.892. The second-order valence-electron chi connectivity index (χ2n) is 4.19. The van der Waals surface area contributed by atoms with Crippen LogP contribution in [0.3, 0.4) is 0 Å². The zero-order valence-electron chi connectivity index (χ0n) is 11.8. The number of hydrogen-bond donors (Lipinski definition) is 1. The molecule has 0 aliphatic carbocycles. The lowest BCUT2D eigenvalue weighted by Gasteiger charge is -2.13. The molecular weight excluding hydrogens is 360 g/mol. The zero-order chi connectivity index (χ0) is 15.6. The highest BCUT2D eigenvalue weighted by Crippen LogP contribution is 2.40. The molecule has 0 amide bonds. The first-order chi connectivity index (χ1) is 10.0. The Morgan fingerprint density at radius 3 is 2.62 bits per heavy atom. The van der Waals surface area contributed by atoms with E-state index in [4.69, 9.17) is 21.1 Å². The summed E-state index contributed by atoms with van der Waals surface area (Å²) in [7, 11) is 3.03. The Morgan fingerprint density at radius 1 is 1.33 bits per heavy atom. The lowest BCUT2D eigenvalue weighted by molar-refractivity contribution is 0.355. The number of rotatable bonds is 4. The summed E-state index contributed by atoms with van der Waals surface area (Å²) in [4.78, 5) is 19.1. The molecule has 0 saturated heterocycles. The Balaban J connectivity index is 2.68. The van der Waals surface area contributed by atoms with E-state index in [0.717, 1.165) is 0 Å². The number of nitrogens with one attached hydrogen (secondary N) is 1. The fourth-order valence-corrected chi connectivity index (χ4v) is 2.73. The first-order valence-electron chi connectivity index (χ1n) is 6.23. The molecule has 0 unspecified atom stereocenters. The van der Waals surface area contributed by atoms with Crippen molar-refractivity contribution >= 4 is 27.5 Å². The molecule has 0 radical (unpaired) electrons. The minimum absolute atomic E-state index is 0.247. The van der Waals surface area contributed by atoms with Crippen molar-refractivity contribution in [1.29, 1.82) is 0 Å². The number of ether oxygens (including phenoxy) is 2. The first-order valence-corrected chi connectivity index (χ1v) is 7.40. The van der Waals surface area contributed by atoms with E-state index >= 15 is 0 Å². The maximum Gasteiger partial charge on any atom is 0.265 e. The van der Waals surface area contributed by atoms with Gasteiger partial charge in [0.1, 0.15) is 10.3 Å². The molecular formula is C14H14BrClN2O3. The van der Waals surface area contributed by atoms with Gasteiger partial charge in [0.25, 0.3) is 5.56 Å². The van der Waals surface area contributed by atoms with Crippen molar-refractivity contribution in [3.63, 3.8) is 0 Å². The van der Waals surface area contributed by atoms with Crippen molar-refractivity contribution < 1.29 is 9.47 Å². The number of aryl methyl sites for hydroxylation is 1. The van der Waals surface area contributed by atoms with Crippen molar-refractivity contribution in [3.05, 3.63) is 37.7 Å². The van der Waals surface area contributed by atoms with E-state index in [1.807, 2.05) is 6.92 Å². The van der Waals surface area contributed by atoms with Gasteiger partial charge in [-0.1, -0.05) is 18.5 Å². The van der Waals surface area contributed by atoms with Crippen molar-refractivity contribution in [2.45, 2.75) is 13.3 Å². The molecule has 2 rings (SSSR count). The number of hydrogen-bond acceptors (Lipinski definition) is 4. The lowest BCUT2D eigenvalue weighted by atomic mass is 10.1. The monoisotopic (exact) mass is 372 g/mol. The Hall–Kier alpha value is -1.53. The van der Waals surface area contributed by atoms with Crippen molar-refractivity contribution in [2.24, 2.45) is 0 Å². The SMILES string of the molecule is CCc1nc(-c2ccc(OC)c(OC)c2Cl)[nH]c(=O)c1Br. The Morgan fingerprint density at radius 2 is 2.05 bits per heavy atom. The van der Waals surface area contributed by atoms with Crippen LogP contribution >= 0.6 is 27.5 Å². The van der Waals surface area contributed by atoms with Gasteiger partial charge in [0.15, 0.2) is 11.5 Å². The molecule has 0 aliphatic heterocycles. The average Bonchev–Trinajstić information content (AvgIpc) is 2.49. The standard InChI is InChI=1S/C14H14BrClN2O3/c1-4-8-10(15)14(19)18-13(17-8)7-5-6-9(20-2)12(21-3)11(7)16/h5-6H,4H2,1-3H3,(H,17,18,19). The maximum atomic E-state index is 11.9. The molecule has 21 heavy (non-hydrogen) atoms. The predicted octanol–water partition coefficient (Wildman–Crippen LogP) is 3.43. The molecule has 0 saturated carbocycles. The van der Waals surface area contributed by atoms with Crippen molar-refractivity contribution in [1.82, 2.24) is 9.97 Å². The summed E-state index contributed by atoms with van der Waals surface area (Å²) in [6.45, 7) is 1.92. The molecule has 1 heterocycles. The van der Waals surface area contributed by atoms with Crippen LogP contribution in [0.15, 0.2) is 21.4 Å². The number of aromatic nitrogens is 2. The summed E-state index contributed by atoms with van der Waals surface area (Å²) in [5.41, 5.74) is 0.996. The van der Waals surface area contributed by atoms with E-state index < -0.39 is 0 Å². The second kappa shape index (κ2) is 6.49. The van der Waals surface area contributed by atoms with E-state index in [1.54, 1.807) is 12.1 Å². The lowest BCUT2D eigenvalue weighted by Crippen LogP contribution is -2.13. The number of benzene rings is 1. The van der Waals surface area contributed by atoms with Gasteiger partial charge in [0.2, 0.25) is 0 Å². The van der Waals surface area contributed by atoms with Crippen LogP contribution in [0.5, 0.6) is 11.5 Å². The third kappa shape index (κ3) is 2.91. The van der Waals surface area contributed by atoms with Crippen LogP contribution in [0.25, 0.3) is 11.4 Å². The predicted molar refractivity (Wildman–Crippen MR) is 85.5 cm³/mol. The van der Waals surface area contributed by atoms with Crippen LogP contribution in [0.2, 0.25) is 5.02 Å². The molecule has 1 N–H and O–H groups in total. The molecule has 2 aromatic rings. The highest BCUT2D eigenvalue weighted by Gasteiger charge is 2.17. The summed E-state index contributed by atoms with van der Waals surface area (Å²) in [6, 6.07) is 3.45. The Labute approximate surface area is 135 Å². The summed E-state index contributed by atoms with van der Waals surface area (Å²) in [5, 5.41) is 0.337. The van der Waals surface area contributed by atoms with Crippen molar-refractivity contribution in [3.8, 4) is 22.9 Å². The van der Waals surface area contributed by atoms with Gasteiger partial charge < -0.3 is 14.5 Å². The molecule has 7 heteroatoms. The molecule has 0 fully saturated rings. The van der Waals surface area contributed by atoms with E-state index in [0.29, 0.717) is 44.5 Å². The average molecular weight is 374 g/mol. The summed E-state index contributed by atoms with van der Waals surface area (Å²) in [6.07, 6.45) is 0.627. The summed E-state index contributed by atoms with van der Waals surface area (Å²) >= 11 is 9.57. The van der Waals surface area contributed by atoms with Gasteiger partial charge in [0, 0.05) is 5.56 Å². The van der Waals surface area contributed by atoms with Crippen LogP contribution in [0.4, 0.5) is 0 Å². The fraction of sp³-hybridized carbons (Fsp3) is 0.286. The maximum absolute atomic E-state index is 11.9. The molecule has 112 valence electrons. The van der Waals surface area contributed by atoms with Gasteiger partial charge in [0.05, 0.1) is 24.9 Å². The number of nitrogens with zero attached hydrogens (tertiary/aromatic N) is 1. The molecule has 1 aromatic carbocycles. The van der Waals surface area contributed by atoms with Gasteiger partial charge in [-0.05, 0) is 34.5 Å². The normalized spacial score (nSPS) is 10.5. The number of H-pyrrole nitrogens is 1. The molecule has 0 spiro atoms. The molecule has 5 nitrogen and oxygen atoms in total. The van der Waals surface area contributed by atoms with E-state index in [1.165, 1.54) is 14.2 Å². The van der Waals surface area contributed by atoms with Gasteiger partial charge in [-0.3, -0.25) is 4.79 Å². The number of halogens is 2. The minimum atomic E-state index is -0.247. The zero-order valence-corrected chi connectivity index (χ0v) is 14.1. The Kier molecular flexibility index (Phi) is 4.90. The van der Waals surface area contributed by atoms with Gasteiger partial charge >= 0.3 is 0 Å². The molecule has 0 aliphatic rings. The van der Waals surface area contributed by atoms with Crippen LogP contribution < -0.4 is 15.0 Å². The first kappa shape index (κ1) is 15.9. The highest BCUT2D eigenvalue weighted by atomic mass is 79.9. The highest BCUT2D eigenvalue weighted by molar-refractivity contribution is 9.10. The van der Waals surface area contributed by atoms with Gasteiger partial charge in [-0.15, -0.1) is 0 Å². The largest absolute Gasteiger partial charge is 0.493 e. The van der Waals surface area contributed by atoms with E-state index in [9.17, 15) is 4.79 Å². The number of methoxy groups -OCH3 is 2. The minimum Gasteiger partial charge on any atom is -0.493 e. The molecule has 1 aromatic heterocycles. The third-order valence-electron chi connectivity index (χ3n) is 3.01. The van der Waals surface area contributed by atoms with E-state index in [2.05, 4.69) is 25.9 Å². The van der Waals surface area contributed by atoms with Crippen LogP contribution in [0, 0.1) is 0 Å². The van der Waals surface area contributed by atoms with Gasteiger partial charge in [-0.25, -0.2) is 4.98 Å². The summed E-state index contributed by atoms with van der Waals surface area (Å²) < 4.78 is 10.9. The third-order valence-corrected chi connectivity index (χ3v) is 4.20. The van der Waals surface area contributed by atoms with Crippen LogP contribution in [-0.2, 0) is 6.42 Å². The van der Waals surface area contributed by atoms with Gasteiger partial charge in [-0.2, -0.15) is 0 Å². The van der Waals surface area contributed by atoms with Crippen LogP contribution in [0.1, 0.15) is 12.6 Å². The molecule has 0 bridgehead atoms.